The fourth-order valence-corrected chi connectivity index (χ4v) is 5.94. The fraction of sp³-hybridized carbons (Fsp3) is 0.972. The lowest BCUT2D eigenvalue weighted by Gasteiger charge is -2.12. The number of hydrogen-bond donors (Lipinski definition) is 2. The lowest BCUT2D eigenvalue weighted by Crippen LogP contribution is -2.13. The quantitative estimate of drug-likeness (QED) is 0.0796. The Kier molecular flexibility index (Phi) is 31.5. The Bertz CT molecular complexity index is 478. The van der Waals surface area contributed by atoms with Crippen molar-refractivity contribution in [2.75, 3.05) is 0 Å². The minimum Gasteiger partial charge on any atom is -0.481 e. The maximum absolute atomic E-state index is 11.7. The first kappa shape index (κ1) is 38.4. The lowest BCUT2D eigenvalue weighted by molar-refractivity contribution is -0.142. The SMILES string of the molecule is CCCCCCCCCCCCCCCCCCC(CCCCCCCCCC(O)CCCCCC)C(=O)O. The van der Waals surface area contributed by atoms with Gasteiger partial charge in [0.15, 0.2) is 0 Å². The number of carboxylic acids is 1. The summed E-state index contributed by atoms with van der Waals surface area (Å²) in [6.45, 7) is 4.51. The van der Waals surface area contributed by atoms with Gasteiger partial charge in [0.1, 0.15) is 0 Å². The van der Waals surface area contributed by atoms with Gasteiger partial charge >= 0.3 is 5.97 Å². The van der Waals surface area contributed by atoms with Gasteiger partial charge in [0.2, 0.25) is 0 Å². The third-order valence-corrected chi connectivity index (χ3v) is 8.74. The average Bonchev–Trinajstić information content (AvgIpc) is 2.92. The Labute approximate surface area is 245 Å². The van der Waals surface area contributed by atoms with Crippen LogP contribution < -0.4 is 0 Å². The van der Waals surface area contributed by atoms with Crippen molar-refractivity contribution in [1.29, 1.82) is 0 Å². The van der Waals surface area contributed by atoms with Crippen molar-refractivity contribution in [2.45, 2.75) is 219 Å². The molecule has 0 aromatic rings. The van der Waals surface area contributed by atoms with Gasteiger partial charge in [0.25, 0.3) is 0 Å². The molecule has 0 amide bonds. The van der Waals surface area contributed by atoms with Gasteiger partial charge in [-0.15, -0.1) is 0 Å². The molecule has 0 spiro atoms. The van der Waals surface area contributed by atoms with E-state index in [1.54, 1.807) is 0 Å². The van der Waals surface area contributed by atoms with Gasteiger partial charge in [-0.05, 0) is 25.7 Å². The van der Waals surface area contributed by atoms with Crippen molar-refractivity contribution in [1.82, 2.24) is 0 Å². The van der Waals surface area contributed by atoms with E-state index in [0.717, 1.165) is 44.9 Å². The molecule has 0 aliphatic rings. The van der Waals surface area contributed by atoms with Crippen molar-refractivity contribution in [3.05, 3.63) is 0 Å². The summed E-state index contributed by atoms with van der Waals surface area (Å²) in [6.07, 6.45) is 38.7. The van der Waals surface area contributed by atoms with Gasteiger partial charge in [-0.2, -0.15) is 0 Å². The topological polar surface area (TPSA) is 57.5 Å². The van der Waals surface area contributed by atoms with Crippen molar-refractivity contribution < 1.29 is 15.0 Å². The van der Waals surface area contributed by atoms with E-state index in [4.69, 9.17) is 0 Å². The molecule has 0 aromatic carbocycles. The van der Waals surface area contributed by atoms with Crippen LogP contribution in [0.3, 0.4) is 0 Å². The molecule has 39 heavy (non-hydrogen) atoms. The van der Waals surface area contributed by atoms with E-state index < -0.39 is 5.97 Å². The summed E-state index contributed by atoms with van der Waals surface area (Å²) in [5.74, 6) is -0.709. The zero-order chi connectivity index (χ0) is 28.7. The zero-order valence-electron chi connectivity index (χ0n) is 26.9. The van der Waals surface area contributed by atoms with Crippen LogP contribution >= 0.6 is 0 Å². The average molecular weight is 553 g/mol. The molecule has 0 aliphatic heterocycles. The van der Waals surface area contributed by atoms with Crippen LogP contribution in [0.4, 0.5) is 0 Å². The molecule has 0 radical (unpaired) electrons. The van der Waals surface area contributed by atoms with E-state index in [1.165, 1.54) is 154 Å². The van der Waals surface area contributed by atoms with E-state index in [1.807, 2.05) is 0 Å². The summed E-state index contributed by atoms with van der Waals surface area (Å²) in [5.41, 5.74) is 0. The lowest BCUT2D eigenvalue weighted by atomic mass is 9.94. The van der Waals surface area contributed by atoms with Crippen LogP contribution in [-0.2, 0) is 4.79 Å². The van der Waals surface area contributed by atoms with Crippen LogP contribution in [0.25, 0.3) is 0 Å². The molecule has 0 aliphatic carbocycles. The summed E-state index contributed by atoms with van der Waals surface area (Å²) in [5, 5.41) is 19.7. The third-order valence-electron chi connectivity index (χ3n) is 8.74. The Morgan fingerprint density at radius 2 is 0.641 bits per heavy atom. The summed E-state index contributed by atoms with van der Waals surface area (Å²) < 4.78 is 0. The Morgan fingerprint density at radius 1 is 0.410 bits per heavy atom. The second-order valence-electron chi connectivity index (χ2n) is 12.7. The number of hydrogen-bond acceptors (Lipinski definition) is 2. The maximum atomic E-state index is 11.7. The number of aliphatic carboxylic acids is 1. The second-order valence-corrected chi connectivity index (χ2v) is 12.7. The maximum Gasteiger partial charge on any atom is 0.306 e. The number of unbranched alkanes of at least 4 members (excludes halogenated alkanes) is 24. The van der Waals surface area contributed by atoms with E-state index in [0.29, 0.717) is 0 Å². The molecule has 2 atom stereocenters. The van der Waals surface area contributed by atoms with Crippen LogP contribution in [0.1, 0.15) is 213 Å². The normalized spacial score (nSPS) is 13.1. The Balaban J connectivity index is 3.44. The molecular formula is C36H72O3. The minimum atomic E-state index is -0.579. The molecule has 2 unspecified atom stereocenters. The van der Waals surface area contributed by atoms with Crippen LogP contribution in [0.15, 0.2) is 0 Å². The molecule has 3 heteroatoms. The second kappa shape index (κ2) is 32.0. The van der Waals surface area contributed by atoms with Gasteiger partial charge in [0, 0.05) is 0 Å². The van der Waals surface area contributed by atoms with Gasteiger partial charge in [0.05, 0.1) is 12.0 Å². The number of aliphatic hydroxyl groups is 1. The van der Waals surface area contributed by atoms with E-state index in [9.17, 15) is 15.0 Å². The molecule has 0 rings (SSSR count). The zero-order valence-corrected chi connectivity index (χ0v) is 26.9. The minimum absolute atomic E-state index is 0.0934. The summed E-state index contributed by atoms with van der Waals surface area (Å²) in [6, 6.07) is 0. The summed E-state index contributed by atoms with van der Waals surface area (Å²) >= 11 is 0. The van der Waals surface area contributed by atoms with Gasteiger partial charge in [-0.25, -0.2) is 0 Å². The van der Waals surface area contributed by atoms with E-state index in [-0.39, 0.29) is 12.0 Å². The van der Waals surface area contributed by atoms with Crippen LogP contribution in [0.2, 0.25) is 0 Å². The number of carboxylic acid groups (broad SMARTS) is 1. The number of carbonyl (C=O) groups is 1. The first-order valence-corrected chi connectivity index (χ1v) is 18.0. The van der Waals surface area contributed by atoms with Gasteiger partial charge in [-0.1, -0.05) is 187 Å². The highest BCUT2D eigenvalue weighted by Gasteiger charge is 2.16. The molecule has 0 saturated carbocycles. The smallest absolute Gasteiger partial charge is 0.306 e. The van der Waals surface area contributed by atoms with Crippen molar-refractivity contribution >= 4 is 5.97 Å². The fourth-order valence-electron chi connectivity index (χ4n) is 5.94. The monoisotopic (exact) mass is 553 g/mol. The highest BCUT2D eigenvalue weighted by molar-refractivity contribution is 5.69. The molecular weight excluding hydrogens is 480 g/mol. The Morgan fingerprint density at radius 3 is 0.923 bits per heavy atom. The van der Waals surface area contributed by atoms with E-state index >= 15 is 0 Å². The van der Waals surface area contributed by atoms with E-state index in [2.05, 4.69) is 13.8 Å². The molecule has 0 fully saturated rings. The molecule has 2 N–H and O–H groups in total. The van der Waals surface area contributed by atoms with Crippen molar-refractivity contribution in [3.8, 4) is 0 Å². The van der Waals surface area contributed by atoms with Gasteiger partial charge in [-0.3, -0.25) is 4.79 Å². The highest BCUT2D eigenvalue weighted by atomic mass is 16.4. The van der Waals surface area contributed by atoms with Gasteiger partial charge < -0.3 is 10.2 Å². The molecule has 3 nitrogen and oxygen atoms in total. The predicted octanol–water partition coefficient (Wildman–Crippen LogP) is 12.2. The summed E-state index contributed by atoms with van der Waals surface area (Å²) in [4.78, 5) is 11.7. The first-order chi connectivity index (χ1) is 19.1. The molecule has 0 bridgehead atoms. The van der Waals surface area contributed by atoms with Crippen LogP contribution in [0.5, 0.6) is 0 Å². The Hall–Kier alpha value is -0.570. The predicted molar refractivity (Wildman–Crippen MR) is 172 cm³/mol. The van der Waals surface area contributed by atoms with Crippen molar-refractivity contribution in [2.24, 2.45) is 5.92 Å². The molecule has 0 heterocycles. The van der Waals surface area contributed by atoms with Crippen LogP contribution in [0, 0.1) is 5.92 Å². The largest absolute Gasteiger partial charge is 0.481 e. The standard InChI is InChI=1S/C36H72O3/c1-3-5-7-9-10-11-12-13-14-15-16-17-18-20-23-26-30-34(36(38)39)31-27-24-21-19-22-25-29-33-35(37)32-28-8-6-4-2/h34-35,37H,3-33H2,1-2H3,(H,38,39). The third kappa shape index (κ3) is 30.2. The molecule has 0 saturated heterocycles. The molecule has 234 valence electrons. The number of rotatable bonds is 33. The summed E-state index contributed by atoms with van der Waals surface area (Å²) in [7, 11) is 0. The van der Waals surface area contributed by atoms with Crippen LogP contribution in [-0.4, -0.2) is 22.3 Å². The number of aliphatic hydroxyl groups excluding tert-OH is 1. The first-order valence-electron chi connectivity index (χ1n) is 18.0. The van der Waals surface area contributed by atoms with Crippen molar-refractivity contribution in [3.63, 3.8) is 0 Å². The highest BCUT2D eigenvalue weighted by Crippen LogP contribution is 2.20. The molecule has 0 aromatic heterocycles.